The van der Waals surface area contributed by atoms with Gasteiger partial charge in [0.05, 0.1) is 16.3 Å². The Morgan fingerprint density at radius 1 is 1.50 bits per heavy atom. The maximum absolute atomic E-state index is 13.3. The van der Waals surface area contributed by atoms with Crippen molar-refractivity contribution in [3.63, 3.8) is 0 Å². The number of carbonyl (C=O) groups excluding carboxylic acids is 1. The van der Waals surface area contributed by atoms with Crippen LogP contribution in [-0.2, 0) is 4.79 Å². The first-order valence-corrected chi connectivity index (χ1v) is 9.03. The number of aromatic nitrogens is 1. The molecule has 0 bridgehead atoms. The van der Waals surface area contributed by atoms with Gasteiger partial charge in [-0.1, -0.05) is 11.3 Å². The van der Waals surface area contributed by atoms with E-state index in [0.717, 1.165) is 24.2 Å². The van der Waals surface area contributed by atoms with E-state index < -0.39 is 0 Å². The number of nitrogens with zero attached hydrogens (tertiary/aromatic N) is 3. The third-order valence-electron chi connectivity index (χ3n) is 4.67. The van der Waals surface area contributed by atoms with Crippen LogP contribution < -0.4 is 5.32 Å². The molecule has 1 aromatic heterocycles. The molecule has 2 heterocycles. The Labute approximate surface area is 145 Å². The fourth-order valence-electron chi connectivity index (χ4n) is 3.08. The van der Waals surface area contributed by atoms with Gasteiger partial charge in [0.2, 0.25) is 5.91 Å². The van der Waals surface area contributed by atoms with Crippen molar-refractivity contribution in [2.24, 2.45) is 0 Å². The number of halogens is 1. The molecule has 1 aliphatic heterocycles. The van der Waals surface area contributed by atoms with Crippen molar-refractivity contribution in [1.29, 1.82) is 0 Å². The van der Waals surface area contributed by atoms with Gasteiger partial charge in [0.1, 0.15) is 5.82 Å². The van der Waals surface area contributed by atoms with Crippen LogP contribution in [-0.4, -0.2) is 60.0 Å². The minimum Gasteiger partial charge on any atom is -0.305 e. The van der Waals surface area contributed by atoms with E-state index in [2.05, 4.69) is 34.2 Å². The number of piperidine rings is 1. The second-order valence-corrected chi connectivity index (χ2v) is 7.58. The molecule has 130 valence electrons. The van der Waals surface area contributed by atoms with E-state index in [1.54, 1.807) is 6.07 Å². The highest BCUT2D eigenvalue weighted by molar-refractivity contribution is 7.22. The maximum Gasteiger partial charge on any atom is 0.243 e. The number of nitrogens with one attached hydrogen (secondary N) is 1. The van der Waals surface area contributed by atoms with Gasteiger partial charge >= 0.3 is 0 Å². The second-order valence-electron chi connectivity index (χ2n) is 6.55. The van der Waals surface area contributed by atoms with Gasteiger partial charge in [-0.05, 0) is 58.6 Å². The van der Waals surface area contributed by atoms with Crippen LogP contribution in [0.15, 0.2) is 18.2 Å². The summed E-state index contributed by atoms with van der Waals surface area (Å²) in [6.45, 7) is 3.76. The Bertz CT molecular complexity index is 732. The molecule has 24 heavy (non-hydrogen) atoms. The number of thiazole rings is 1. The summed E-state index contributed by atoms with van der Waals surface area (Å²) in [4.78, 5) is 21.4. The molecule has 5 nitrogen and oxygen atoms in total. The Balaban J connectivity index is 1.66. The van der Waals surface area contributed by atoms with E-state index in [-0.39, 0.29) is 17.8 Å². The van der Waals surface area contributed by atoms with Crippen LogP contribution in [0.1, 0.15) is 19.8 Å². The largest absolute Gasteiger partial charge is 0.305 e. The van der Waals surface area contributed by atoms with Crippen molar-refractivity contribution in [3.05, 3.63) is 24.0 Å². The zero-order chi connectivity index (χ0) is 17.3. The molecule has 1 saturated heterocycles. The van der Waals surface area contributed by atoms with Gasteiger partial charge in [-0.2, -0.15) is 0 Å². The Hall–Kier alpha value is -1.57. The summed E-state index contributed by atoms with van der Waals surface area (Å²) >= 11 is 1.30. The molecule has 1 amide bonds. The molecule has 1 aromatic carbocycles. The monoisotopic (exact) mass is 350 g/mol. The Kier molecular flexibility index (Phi) is 5.12. The summed E-state index contributed by atoms with van der Waals surface area (Å²) in [7, 11) is 4.16. The summed E-state index contributed by atoms with van der Waals surface area (Å²) in [5, 5.41) is 3.40. The predicted octanol–water partition coefficient (Wildman–Crippen LogP) is 2.79. The van der Waals surface area contributed by atoms with E-state index in [1.807, 2.05) is 6.92 Å². The number of benzene rings is 1. The molecule has 7 heteroatoms. The third-order valence-corrected chi connectivity index (χ3v) is 5.60. The summed E-state index contributed by atoms with van der Waals surface area (Å²) in [5.74, 6) is -0.352. The highest BCUT2D eigenvalue weighted by atomic mass is 32.1. The Morgan fingerprint density at radius 3 is 3.04 bits per heavy atom. The average Bonchev–Trinajstić information content (AvgIpc) is 2.95. The number of likely N-dealkylation sites (tertiary alicyclic amines) is 1. The predicted molar refractivity (Wildman–Crippen MR) is 96.0 cm³/mol. The van der Waals surface area contributed by atoms with Crippen molar-refractivity contribution >= 4 is 32.6 Å². The number of rotatable bonds is 4. The topological polar surface area (TPSA) is 48.5 Å². The molecule has 0 aliphatic carbocycles. The number of fused-ring (bicyclic) bond motifs is 1. The molecule has 1 aliphatic rings. The molecule has 1 N–H and O–H groups in total. The van der Waals surface area contributed by atoms with Crippen LogP contribution in [0.5, 0.6) is 0 Å². The molecule has 2 unspecified atom stereocenters. The number of amides is 1. The van der Waals surface area contributed by atoms with Gasteiger partial charge in [-0.3, -0.25) is 9.69 Å². The molecule has 0 spiro atoms. The van der Waals surface area contributed by atoms with Crippen LogP contribution in [0.3, 0.4) is 0 Å². The number of likely N-dealkylation sites (N-methyl/N-ethyl adjacent to an activating group) is 1. The van der Waals surface area contributed by atoms with E-state index in [9.17, 15) is 9.18 Å². The fraction of sp³-hybridized carbons (Fsp3) is 0.529. The first-order chi connectivity index (χ1) is 11.4. The van der Waals surface area contributed by atoms with Crippen LogP contribution in [0.4, 0.5) is 9.52 Å². The lowest BCUT2D eigenvalue weighted by molar-refractivity contribution is -0.121. The van der Waals surface area contributed by atoms with E-state index in [4.69, 9.17) is 0 Å². The average molecular weight is 350 g/mol. The van der Waals surface area contributed by atoms with Crippen LogP contribution in [0.25, 0.3) is 10.2 Å². The first-order valence-electron chi connectivity index (χ1n) is 8.21. The van der Waals surface area contributed by atoms with Crippen molar-refractivity contribution < 1.29 is 9.18 Å². The number of hydrogen-bond donors (Lipinski definition) is 1. The highest BCUT2D eigenvalue weighted by Gasteiger charge is 2.28. The van der Waals surface area contributed by atoms with E-state index in [1.165, 1.54) is 29.9 Å². The lowest BCUT2D eigenvalue weighted by Gasteiger charge is -2.38. The van der Waals surface area contributed by atoms with Gasteiger partial charge in [-0.25, -0.2) is 9.37 Å². The summed E-state index contributed by atoms with van der Waals surface area (Å²) in [6, 6.07) is 4.73. The van der Waals surface area contributed by atoms with Crippen molar-refractivity contribution in [1.82, 2.24) is 14.8 Å². The lowest BCUT2D eigenvalue weighted by atomic mass is 10.0. The normalized spacial score (nSPS) is 20.5. The van der Waals surface area contributed by atoms with Crippen LogP contribution >= 0.6 is 11.3 Å². The van der Waals surface area contributed by atoms with Crippen LogP contribution in [0.2, 0.25) is 0 Å². The molecule has 2 aromatic rings. The molecule has 0 radical (unpaired) electrons. The fourth-order valence-corrected chi connectivity index (χ4v) is 3.98. The number of hydrogen-bond acceptors (Lipinski definition) is 5. The maximum atomic E-state index is 13.3. The lowest BCUT2D eigenvalue weighted by Crippen LogP contribution is -2.51. The zero-order valence-corrected chi connectivity index (χ0v) is 15.1. The van der Waals surface area contributed by atoms with Crippen molar-refractivity contribution in [2.75, 3.05) is 32.5 Å². The Morgan fingerprint density at radius 2 is 2.29 bits per heavy atom. The van der Waals surface area contributed by atoms with Gasteiger partial charge in [0.15, 0.2) is 5.13 Å². The molecule has 2 atom stereocenters. The minimum atomic E-state index is -0.291. The second kappa shape index (κ2) is 7.13. The molecular formula is C17H23FN4OS. The molecule has 1 fully saturated rings. The number of carbonyl (C=O) groups is 1. The quantitative estimate of drug-likeness (QED) is 0.921. The van der Waals surface area contributed by atoms with Gasteiger partial charge in [-0.15, -0.1) is 0 Å². The van der Waals surface area contributed by atoms with Gasteiger partial charge < -0.3 is 10.2 Å². The SMILES string of the molecule is CC(C(=O)Nc1nc2ccc(F)cc2s1)N1CCCC(N(C)C)C1. The summed E-state index contributed by atoms with van der Waals surface area (Å²) < 4.78 is 14.0. The molecular weight excluding hydrogens is 327 g/mol. The standard InChI is InChI=1S/C17H23FN4OS/c1-11(22-8-4-5-13(10-22)21(2)3)16(23)20-17-19-14-7-6-12(18)9-15(14)24-17/h6-7,9,11,13H,4-5,8,10H2,1-3H3,(H,19,20,23). The molecule has 3 rings (SSSR count). The molecule has 0 saturated carbocycles. The van der Waals surface area contributed by atoms with Crippen LogP contribution in [0, 0.1) is 5.82 Å². The highest BCUT2D eigenvalue weighted by Crippen LogP contribution is 2.27. The van der Waals surface area contributed by atoms with Gasteiger partial charge in [0.25, 0.3) is 0 Å². The third kappa shape index (κ3) is 3.74. The minimum absolute atomic E-state index is 0.0612. The van der Waals surface area contributed by atoms with E-state index >= 15 is 0 Å². The summed E-state index contributed by atoms with van der Waals surface area (Å²) in [6.07, 6.45) is 2.27. The van der Waals surface area contributed by atoms with Gasteiger partial charge in [0, 0.05) is 12.6 Å². The van der Waals surface area contributed by atoms with Crippen molar-refractivity contribution in [2.45, 2.75) is 31.8 Å². The zero-order valence-electron chi connectivity index (χ0n) is 14.3. The van der Waals surface area contributed by atoms with E-state index in [0.29, 0.717) is 16.7 Å². The number of anilines is 1. The first kappa shape index (κ1) is 17.3. The smallest absolute Gasteiger partial charge is 0.243 e. The van der Waals surface area contributed by atoms with Crippen molar-refractivity contribution in [3.8, 4) is 0 Å². The summed E-state index contributed by atoms with van der Waals surface area (Å²) in [5.41, 5.74) is 0.704.